The lowest BCUT2D eigenvalue weighted by atomic mass is 10.2. The number of nitrogens with zero attached hydrogens (tertiary/aromatic N) is 1. The van der Waals surface area contributed by atoms with E-state index in [1.807, 2.05) is 12.1 Å². The second-order valence-corrected chi connectivity index (χ2v) is 6.69. The van der Waals surface area contributed by atoms with E-state index >= 15 is 0 Å². The fourth-order valence-corrected chi connectivity index (χ4v) is 2.81. The number of pyridine rings is 1. The molecule has 1 aromatic carbocycles. The minimum Gasteiger partial charge on any atom is -0.431 e. The number of hydrogen-bond acceptors (Lipinski definition) is 4. The SMILES string of the molecule is Cn1cc(C(=O)NCc2ccc(Cl)cc2)c(=O)c2cc(C#CCCCO)oc21. The van der Waals surface area contributed by atoms with Gasteiger partial charge in [0.05, 0.1) is 5.39 Å². The van der Waals surface area contributed by atoms with Gasteiger partial charge in [0, 0.05) is 43.9 Å². The van der Waals surface area contributed by atoms with Gasteiger partial charge in [0.15, 0.2) is 5.76 Å². The summed E-state index contributed by atoms with van der Waals surface area (Å²) in [5.74, 6) is 5.59. The minimum atomic E-state index is -0.464. The molecule has 2 heterocycles. The number of nitrogens with one attached hydrogen (secondary N) is 1. The second kappa shape index (κ2) is 8.79. The maximum Gasteiger partial charge on any atom is 0.257 e. The van der Waals surface area contributed by atoms with Crippen LogP contribution in [0.3, 0.4) is 0 Å². The number of aliphatic hydroxyl groups excluding tert-OH is 1. The van der Waals surface area contributed by atoms with Crippen LogP contribution in [0.25, 0.3) is 11.1 Å². The van der Waals surface area contributed by atoms with Crippen LogP contribution in [0.5, 0.6) is 0 Å². The molecule has 28 heavy (non-hydrogen) atoms. The molecule has 2 aromatic heterocycles. The Morgan fingerprint density at radius 1 is 1.32 bits per heavy atom. The van der Waals surface area contributed by atoms with Gasteiger partial charge in [-0.3, -0.25) is 9.59 Å². The van der Waals surface area contributed by atoms with Gasteiger partial charge < -0.3 is 19.4 Å². The molecule has 7 heteroatoms. The Labute approximate surface area is 166 Å². The van der Waals surface area contributed by atoms with E-state index in [4.69, 9.17) is 21.1 Å². The minimum absolute atomic E-state index is 0.0320. The van der Waals surface area contributed by atoms with Crippen LogP contribution < -0.4 is 10.7 Å². The summed E-state index contributed by atoms with van der Waals surface area (Å²) < 4.78 is 7.21. The molecule has 0 radical (unpaired) electrons. The van der Waals surface area contributed by atoms with Crippen molar-refractivity contribution in [1.29, 1.82) is 0 Å². The Hall–Kier alpha value is -3.01. The molecule has 3 aromatic rings. The van der Waals surface area contributed by atoms with E-state index in [-0.39, 0.29) is 18.7 Å². The summed E-state index contributed by atoms with van der Waals surface area (Å²) in [7, 11) is 1.70. The molecule has 2 N–H and O–H groups in total. The van der Waals surface area contributed by atoms with E-state index in [1.54, 1.807) is 29.8 Å². The highest BCUT2D eigenvalue weighted by Crippen LogP contribution is 2.16. The number of benzene rings is 1. The molecule has 1 amide bonds. The smallest absolute Gasteiger partial charge is 0.257 e. The van der Waals surface area contributed by atoms with Crippen molar-refractivity contribution < 1.29 is 14.3 Å². The van der Waals surface area contributed by atoms with Crippen molar-refractivity contribution >= 4 is 28.6 Å². The number of aliphatic hydroxyl groups is 1. The Morgan fingerprint density at radius 2 is 2.07 bits per heavy atom. The number of aryl methyl sites for hydroxylation is 1. The highest BCUT2D eigenvalue weighted by atomic mass is 35.5. The molecule has 0 unspecified atom stereocenters. The number of amides is 1. The van der Waals surface area contributed by atoms with Gasteiger partial charge in [-0.2, -0.15) is 0 Å². The van der Waals surface area contributed by atoms with Crippen molar-refractivity contribution in [2.75, 3.05) is 6.61 Å². The van der Waals surface area contributed by atoms with Crippen molar-refractivity contribution in [3.05, 3.63) is 68.7 Å². The van der Waals surface area contributed by atoms with Crippen LogP contribution in [0.2, 0.25) is 5.02 Å². The average molecular weight is 399 g/mol. The summed E-state index contributed by atoms with van der Waals surface area (Å²) in [5.41, 5.74) is 0.850. The third-order valence-corrected chi connectivity index (χ3v) is 4.38. The van der Waals surface area contributed by atoms with Crippen LogP contribution in [0, 0.1) is 11.8 Å². The number of rotatable bonds is 5. The normalized spacial score (nSPS) is 10.5. The second-order valence-electron chi connectivity index (χ2n) is 6.25. The molecular weight excluding hydrogens is 380 g/mol. The summed E-state index contributed by atoms with van der Waals surface area (Å²) in [6, 6.07) is 8.63. The molecule has 0 bridgehead atoms. The number of carbonyl (C=O) groups is 1. The first kappa shape index (κ1) is 19.7. The maximum atomic E-state index is 12.7. The molecule has 3 rings (SSSR count). The van der Waals surface area contributed by atoms with Gasteiger partial charge in [-0.15, -0.1) is 0 Å². The summed E-state index contributed by atoms with van der Waals surface area (Å²) in [5, 5.41) is 12.4. The van der Waals surface area contributed by atoms with Crippen LogP contribution in [0.4, 0.5) is 0 Å². The lowest BCUT2D eigenvalue weighted by Gasteiger charge is -2.07. The topological polar surface area (TPSA) is 84.5 Å². The summed E-state index contributed by atoms with van der Waals surface area (Å²) in [4.78, 5) is 25.3. The number of unbranched alkanes of at least 4 members (excludes halogenated alkanes) is 1. The van der Waals surface area contributed by atoms with Crippen LogP contribution >= 0.6 is 11.6 Å². The van der Waals surface area contributed by atoms with E-state index in [0.29, 0.717) is 34.7 Å². The Morgan fingerprint density at radius 3 is 2.79 bits per heavy atom. The molecule has 0 saturated carbocycles. The summed E-state index contributed by atoms with van der Waals surface area (Å²) >= 11 is 5.85. The molecule has 0 fully saturated rings. The quantitative estimate of drug-likeness (QED) is 0.511. The van der Waals surface area contributed by atoms with E-state index < -0.39 is 11.3 Å². The van der Waals surface area contributed by atoms with Gasteiger partial charge in [0.25, 0.3) is 5.91 Å². The molecule has 6 nitrogen and oxygen atoms in total. The zero-order chi connectivity index (χ0) is 20.1. The van der Waals surface area contributed by atoms with E-state index in [1.165, 1.54) is 6.20 Å². The lowest BCUT2D eigenvalue weighted by molar-refractivity contribution is 0.0949. The van der Waals surface area contributed by atoms with Gasteiger partial charge >= 0.3 is 0 Å². The third-order valence-electron chi connectivity index (χ3n) is 4.13. The number of aromatic nitrogens is 1. The van der Waals surface area contributed by atoms with Gasteiger partial charge in [-0.1, -0.05) is 29.7 Å². The predicted octanol–water partition coefficient (Wildman–Crippen LogP) is 2.84. The predicted molar refractivity (Wildman–Crippen MR) is 107 cm³/mol. The fourth-order valence-electron chi connectivity index (χ4n) is 2.68. The van der Waals surface area contributed by atoms with Gasteiger partial charge in [-0.25, -0.2) is 0 Å². The monoisotopic (exact) mass is 398 g/mol. The fraction of sp³-hybridized carbons (Fsp3) is 0.238. The number of halogens is 1. The zero-order valence-corrected chi connectivity index (χ0v) is 16.0. The van der Waals surface area contributed by atoms with Crippen molar-refractivity contribution in [2.45, 2.75) is 19.4 Å². The number of hydrogen-bond donors (Lipinski definition) is 2. The first-order valence-electron chi connectivity index (χ1n) is 8.75. The van der Waals surface area contributed by atoms with Crippen molar-refractivity contribution in [3.63, 3.8) is 0 Å². The number of carbonyl (C=O) groups excluding carboxylic acids is 1. The highest BCUT2D eigenvalue weighted by molar-refractivity contribution is 6.30. The molecule has 0 atom stereocenters. The Bertz CT molecular complexity index is 1120. The van der Waals surface area contributed by atoms with Crippen LogP contribution in [0.1, 0.15) is 34.5 Å². The van der Waals surface area contributed by atoms with Crippen molar-refractivity contribution in [1.82, 2.24) is 9.88 Å². The largest absolute Gasteiger partial charge is 0.431 e. The molecule has 0 spiro atoms. The molecule has 0 aliphatic rings. The van der Waals surface area contributed by atoms with Gasteiger partial charge in [0.1, 0.15) is 5.56 Å². The summed E-state index contributed by atoms with van der Waals surface area (Å²) in [6.45, 7) is 0.354. The number of furan rings is 1. The standard InChI is InChI=1S/C21H19ClN2O4/c1-24-13-18(20(27)23-12-14-6-8-15(22)9-7-14)19(26)17-11-16(28-21(17)24)5-3-2-4-10-25/h6-9,11,13,25H,2,4,10,12H2,1H3,(H,23,27). The van der Waals surface area contributed by atoms with Crippen LogP contribution in [0.15, 0.2) is 45.7 Å². The third kappa shape index (κ3) is 4.45. The van der Waals surface area contributed by atoms with Crippen LogP contribution in [-0.2, 0) is 13.6 Å². The van der Waals surface area contributed by atoms with Crippen LogP contribution in [-0.4, -0.2) is 22.2 Å². The van der Waals surface area contributed by atoms with E-state index in [2.05, 4.69) is 17.2 Å². The Balaban J connectivity index is 1.83. The zero-order valence-electron chi connectivity index (χ0n) is 15.3. The first-order chi connectivity index (χ1) is 13.5. The molecule has 144 valence electrons. The summed E-state index contributed by atoms with van der Waals surface area (Å²) in [6.07, 6.45) is 2.56. The van der Waals surface area contributed by atoms with Gasteiger partial charge in [0.2, 0.25) is 11.1 Å². The number of fused-ring (bicyclic) bond motifs is 1. The van der Waals surface area contributed by atoms with Crippen molar-refractivity contribution in [3.8, 4) is 11.8 Å². The molecular formula is C21H19ClN2O4. The van der Waals surface area contributed by atoms with E-state index in [9.17, 15) is 9.59 Å². The first-order valence-corrected chi connectivity index (χ1v) is 9.13. The molecule has 0 saturated heterocycles. The Kier molecular flexibility index (Phi) is 6.19. The maximum absolute atomic E-state index is 12.7. The average Bonchev–Trinajstić information content (AvgIpc) is 3.12. The van der Waals surface area contributed by atoms with Gasteiger partial charge in [-0.05, 0) is 30.0 Å². The highest BCUT2D eigenvalue weighted by Gasteiger charge is 2.17. The molecule has 0 aliphatic carbocycles. The van der Waals surface area contributed by atoms with E-state index in [0.717, 1.165) is 5.56 Å². The van der Waals surface area contributed by atoms with Crippen molar-refractivity contribution in [2.24, 2.45) is 7.05 Å². The molecule has 0 aliphatic heterocycles. The lowest BCUT2D eigenvalue weighted by Crippen LogP contribution is -2.29.